The van der Waals surface area contributed by atoms with E-state index in [-0.39, 0.29) is 18.8 Å². The number of esters is 1. The summed E-state index contributed by atoms with van der Waals surface area (Å²) in [6.45, 7) is 3.23. The number of carbonyl (C=O) groups excluding carboxylic acids is 3. The Balaban J connectivity index is 1.34. The van der Waals surface area contributed by atoms with Gasteiger partial charge in [-0.15, -0.1) is 0 Å². The number of hydrogen-bond acceptors (Lipinski definition) is 7. The van der Waals surface area contributed by atoms with Gasteiger partial charge < -0.3 is 14.5 Å². The van der Waals surface area contributed by atoms with Crippen LogP contribution in [0.25, 0.3) is 0 Å². The molecule has 3 fully saturated rings. The zero-order chi connectivity index (χ0) is 24.7. The van der Waals surface area contributed by atoms with Crippen molar-refractivity contribution in [2.75, 3.05) is 31.6 Å². The molecule has 0 radical (unpaired) electrons. The molecular weight excluding hydrogens is 470 g/mol. The topological polar surface area (TPSA) is 85.4 Å². The molecule has 0 aliphatic carbocycles. The summed E-state index contributed by atoms with van der Waals surface area (Å²) in [5, 5.41) is 4.10. The van der Waals surface area contributed by atoms with E-state index in [2.05, 4.69) is 22.0 Å². The number of ether oxygens (including phenoxy) is 1. The SMILES string of the molecule is CC1CN(c2cccc(Cl)c2)C2NC3C(C(=O)N(CC(=O)OCc4ccccc4)C(=O)N3C)N2C1. The van der Waals surface area contributed by atoms with Crippen molar-refractivity contribution in [2.24, 2.45) is 5.92 Å². The van der Waals surface area contributed by atoms with E-state index >= 15 is 0 Å². The normalized spacial score (nSPS) is 26.5. The summed E-state index contributed by atoms with van der Waals surface area (Å²) < 4.78 is 5.33. The predicted octanol–water partition coefficient (Wildman–Crippen LogP) is 2.32. The van der Waals surface area contributed by atoms with Crippen LogP contribution in [-0.2, 0) is 20.9 Å². The van der Waals surface area contributed by atoms with E-state index in [9.17, 15) is 14.4 Å². The van der Waals surface area contributed by atoms with E-state index < -0.39 is 36.7 Å². The van der Waals surface area contributed by atoms with Crippen LogP contribution >= 0.6 is 11.6 Å². The largest absolute Gasteiger partial charge is 0.459 e. The summed E-state index contributed by atoms with van der Waals surface area (Å²) in [5.74, 6) is -0.756. The van der Waals surface area contributed by atoms with Gasteiger partial charge in [0.05, 0.1) is 0 Å². The Hall–Kier alpha value is -3.14. The molecule has 35 heavy (non-hydrogen) atoms. The van der Waals surface area contributed by atoms with E-state index in [1.54, 1.807) is 7.05 Å². The Morgan fingerprint density at radius 2 is 1.89 bits per heavy atom. The molecule has 4 unspecified atom stereocenters. The van der Waals surface area contributed by atoms with Gasteiger partial charge in [-0.1, -0.05) is 54.9 Å². The minimum absolute atomic E-state index is 0.0830. The molecule has 0 saturated carbocycles. The van der Waals surface area contributed by atoms with E-state index in [0.29, 0.717) is 11.6 Å². The Morgan fingerprint density at radius 3 is 2.63 bits per heavy atom. The number of carbonyl (C=O) groups is 3. The van der Waals surface area contributed by atoms with Crippen LogP contribution in [0.3, 0.4) is 0 Å². The van der Waals surface area contributed by atoms with Crippen molar-refractivity contribution >= 4 is 35.2 Å². The molecule has 3 heterocycles. The third-order valence-corrected chi connectivity index (χ3v) is 6.99. The van der Waals surface area contributed by atoms with E-state index in [4.69, 9.17) is 16.3 Å². The number of hydrogen-bond donors (Lipinski definition) is 1. The first-order chi connectivity index (χ1) is 16.8. The molecule has 0 spiro atoms. The summed E-state index contributed by atoms with van der Waals surface area (Å²) in [7, 11) is 1.65. The summed E-state index contributed by atoms with van der Waals surface area (Å²) in [6.07, 6.45) is -0.799. The van der Waals surface area contributed by atoms with Gasteiger partial charge >= 0.3 is 12.0 Å². The number of anilines is 1. The Morgan fingerprint density at radius 1 is 1.11 bits per heavy atom. The van der Waals surface area contributed by atoms with Gasteiger partial charge in [-0.25, -0.2) is 4.79 Å². The number of rotatable bonds is 5. The molecule has 10 heteroatoms. The summed E-state index contributed by atoms with van der Waals surface area (Å²) in [4.78, 5) is 46.0. The van der Waals surface area contributed by atoms with Gasteiger partial charge in [-0.3, -0.25) is 24.7 Å². The predicted molar refractivity (Wildman–Crippen MR) is 130 cm³/mol. The van der Waals surface area contributed by atoms with Crippen molar-refractivity contribution in [1.29, 1.82) is 0 Å². The lowest BCUT2D eigenvalue weighted by Crippen LogP contribution is -2.67. The van der Waals surface area contributed by atoms with Crippen molar-refractivity contribution in [3.05, 3.63) is 65.2 Å². The Bertz CT molecular complexity index is 1130. The molecule has 3 amide bonds. The van der Waals surface area contributed by atoms with Crippen LogP contribution < -0.4 is 10.2 Å². The highest BCUT2D eigenvalue weighted by Crippen LogP contribution is 2.35. The molecule has 3 aliphatic rings. The molecule has 5 rings (SSSR count). The number of likely N-dealkylation sites (N-methyl/N-ethyl adjacent to an activating group) is 1. The first kappa shape index (κ1) is 23.6. The second-order valence-corrected chi connectivity index (χ2v) is 9.76. The molecule has 2 aromatic carbocycles. The maximum absolute atomic E-state index is 13.6. The third kappa shape index (κ3) is 4.47. The molecule has 4 atom stereocenters. The number of imide groups is 1. The van der Waals surface area contributed by atoms with Crippen LogP contribution in [-0.4, -0.2) is 77.8 Å². The van der Waals surface area contributed by atoms with Crippen LogP contribution in [0.5, 0.6) is 0 Å². The number of halogens is 1. The fourth-order valence-corrected chi connectivity index (χ4v) is 5.32. The minimum atomic E-state index is -0.627. The molecular formula is C25H28ClN5O4. The number of benzene rings is 2. The van der Waals surface area contributed by atoms with Crippen molar-refractivity contribution < 1.29 is 19.1 Å². The van der Waals surface area contributed by atoms with Crippen molar-refractivity contribution in [1.82, 2.24) is 20.0 Å². The molecule has 184 valence electrons. The Labute approximate surface area is 209 Å². The summed E-state index contributed by atoms with van der Waals surface area (Å²) in [6, 6.07) is 15.7. The van der Waals surface area contributed by atoms with Gasteiger partial charge in [0.2, 0.25) is 0 Å². The fraction of sp³-hybridized carbons (Fsp3) is 0.400. The second-order valence-electron chi connectivity index (χ2n) is 9.33. The fourth-order valence-electron chi connectivity index (χ4n) is 5.13. The number of nitrogens with one attached hydrogen (secondary N) is 1. The van der Waals surface area contributed by atoms with Gasteiger partial charge in [-0.05, 0) is 29.7 Å². The number of urea groups is 1. The molecule has 0 bridgehead atoms. The van der Waals surface area contributed by atoms with Gasteiger partial charge in [0.15, 0.2) is 0 Å². The standard InChI is InChI=1S/C25H28ClN5O4/c1-16-12-29(19-10-6-9-18(26)11-19)24-27-22-21(30(24)13-16)23(33)31(25(34)28(22)2)14-20(32)35-15-17-7-4-3-5-8-17/h3-11,16,21-22,24,27H,12-15H2,1-2H3. The summed E-state index contributed by atoms with van der Waals surface area (Å²) >= 11 is 6.24. The summed E-state index contributed by atoms with van der Waals surface area (Å²) in [5.41, 5.74) is 1.77. The van der Waals surface area contributed by atoms with E-state index in [1.165, 1.54) is 4.90 Å². The zero-order valence-corrected chi connectivity index (χ0v) is 20.4. The lowest BCUT2D eigenvalue weighted by molar-refractivity contribution is -0.152. The van der Waals surface area contributed by atoms with Crippen molar-refractivity contribution in [3.8, 4) is 0 Å². The monoisotopic (exact) mass is 497 g/mol. The van der Waals surface area contributed by atoms with Gasteiger partial charge in [0.1, 0.15) is 31.6 Å². The minimum Gasteiger partial charge on any atom is -0.459 e. The molecule has 2 aromatic rings. The van der Waals surface area contributed by atoms with Gasteiger partial charge in [0.25, 0.3) is 5.91 Å². The van der Waals surface area contributed by atoms with E-state index in [1.807, 2.05) is 54.6 Å². The molecule has 1 N–H and O–H groups in total. The van der Waals surface area contributed by atoms with Crippen LogP contribution in [0.4, 0.5) is 10.5 Å². The quantitative estimate of drug-likeness (QED) is 0.634. The van der Waals surface area contributed by atoms with Crippen molar-refractivity contribution in [3.63, 3.8) is 0 Å². The van der Waals surface area contributed by atoms with Gasteiger partial charge in [-0.2, -0.15) is 0 Å². The number of amides is 3. The van der Waals surface area contributed by atoms with Gasteiger partial charge in [0, 0.05) is 30.8 Å². The number of fused-ring (bicyclic) bond motifs is 3. The lowest BCUT2D eigenvalue weighted by Gasteiger charge is -2.45. The highest BCUT2D eigenvalue weighted by molar-refractivity contribution is 6.30. The maximum Gasteiger partial charge on any atom is 0.328 e. The molecule has 3 saturated heterocycles. The molecule has 3 aliphatic heterocycles. The average Bonchev–Trinajstić information content (AvgIpc) is 3.23. The van der Waals surface area contributed by atoms with Crippen LogP contribution in [0.2, 0.25) is 5.02 Å². The van der Waals surface area contributed by atoms with Crippen molar-refractivity contribution in [2.45, 2.75) is 32.0 Å². The first-order valence-electron chi connectivity index (χ1n) is 11.6. The van der Waals surface area contributed by atoms with Crippen LogP contribution in [0, 0.1) is 5.92 Å². The third-order valence-electron chi connectivity index (χ3n) is 6.76. The average molecular weight is 498 g/mol. The molecule has 0 aromatic heterocycles. The number of nitrogens with zero attached hydrogens (tertiary/aromatic N) is 4. The highest BCUT2D eigenvalue weighted by atomic mass is 35.5. The maximum atomic E-state index is 13.6. The molecule has 9 nitrogen and oxygen atoms in total. The lowest BCUT2D eigenvalue weighted by atomic mass is 10.0. The van der Waals surface area contributed by atoms with Crippen LogP contribution in [0.1, 0.15) is 12.5 Å². The Kier molecular flexibility index (Phi) is 6.39. The zero-order valence-electron chi connectivity index (χ0n) is 19.6. The van der Waals surface area contributed by atoms with Crippen LogP contribution in [0.15, 0.2) is 54.6 Å². The van der Waals surface area contributed by atoms with E-state index in [0.717, 1.165) is 22.7 Å². The second kappa shape index (κ2) is 9.49. The highest BCUT2D eigenvalue weighted by Gasteiger charge is 2.57. The first-order valence-corrected chi connectivity index (χ1v) is 12.0. The smallest absolute Gasteiger partial charge is 0.328 e.